The molecule has 0 saturated carbocycles. The summed E-state index contributed by atoms with van der Waals surface area (Å²) in [4.78, 5) is 0. The van der Waals surface area contributed by atoms with Gasteiger partial charge in [0.05, 0.1) is 6.67 Å². The molecular weight excluding hydrogens is 160 g/mol. The van der Waals surface area contributed by atoms with Crippen molar-refractivity contribution in [2.24, 2.45) is 0 Å². The van der Waals surface area contributed by atoms with Crippen LogP contribution in [0.4, 0.5) is 0 Å². The molecule has 0 aromatic carbocycles. The summed E-state index contributed by atoms with van der Waals surface area (Å²) in [6, 6.07) is 0. The molecule has 72 valence electrons. The van der Waals surface area contributed by atoms with Crippen LogP contribution in [0.15, 0.2) is 48.9 Å². The highest BCUT2D eigenvalue weighted by atomic mass is 15.1. The Labute approximate surface area is 80.7 Å². The minimum absolute atomic E-state index is 0.595. The summed E-state index contributed by atoms with van der Waals surface area (Å²) in [7, 11) is 0. The van der Waals surface area contributed by atoms with Gasteiger partial charge in [-0.25, -0.2) is 0 Å². The lowest BCUT2D eigenvalue weighted by Crippen LogP contribution is -2.27. The van der Waals surface area contributed by atoms with E-state index in [9.17, 15) is 0 Å². The van der Waals surface area contributed by atoms with E-state index in [1.807, 2.05) is 13.8 Å². The van der Waals surface area contributed by atoms with Crippen LogP contribution in [0.5, 0.6) is 0 Å². The molecule has 0 unspecified atom stereocenters. The number of allylic oxidation sites excluding steroid dienone is 2. The molecule has 0 bridgehead atoms. The quantitative estimate of drug-likeness (QED) is 0.482. The molecule has 0 amide bonds. The van der Waals surface area contributed by atoms with Crippen molar-refractivity contribution in [1.29, 1.82) is 0 Å². The minimum Gasteiger partial charge on any atom is -0.368 e. The van der Waals surface area contributed by atoms with Gasteiger partial charge in [0.2, 0.25) is 0 Å². The first-order valence-corrected chi connectivity index (χ1v) is 4.12. The Morgan fingerprint density at radius 3 is 1.38 bits per heavy atom. The zero-order valence-electron chi connectivity index (χ0n) is 8.54. The summed E-state index contributed by atoms with van der Waals surface area (Å²) in [6.45, 7) is 19.5. The summed E-state index contributed by atoms with van der Waals surface area (Å²) in [5, 5.41) is 6.12. The molecule has 0 aliphatic heterocycles. The molecule has 0 saturated heterocycles. The Morgan fingerprint density at radius 2 is 1.15 bits per heavy atom. The monoisotopic (exact) mass is 178 g/mol. The van der Waals surface area contributed by atoms with E-state index >= 15 is 0 Å². The van der Waals surface area contributed by atoms with Crippen LogP contribution in [0.1, 0.15) is 13.8 Å². The van der Waals surface area contributed by atoms with Crippen molar-refractivity contribution < 1.29 is 0 Å². The maximum Gasteiger partial charge on any atom is 0.0849 e. The smallest absolute Gasteiger partial charge is 0.0849 e. The molecule has 0 fully saturated rings. The highest BCUT2D eigenvalue weighted by molar-refractivity contribution is 5.22. The van der Waals surface area contributed by atoms with E-state index in [0.29, 0.717) is 6.67 Å². The number of hydrogen-bond acceptors (Lipinski definition) is 2. The van der Waals surface area contributed by atoms with Gasteiger partial charge in [-0.05, 0) is 25.0 Å². The Balaban J connectivity index is 3.69. The van der Waals surface area contributed by atoms with Crippen LogP contribution in [0.2, 0.25) is 0 Å². The van der Waals surface area contributed by atoms with Crippen LogP contribution in [0.25, 0.3) is 0 Å². The molecule has 0 aliphatic carbocycles. The zero-order chi connectivity index (χ0) is 10.4. The Morgan fingerprint density at radius 1 is 0.846 bits per heavy atom. The fourth-order valence-corrected chi connectivity index (χ4v) is 0.559. The van der Waals surface area contributed by atoms with Gasteiger partial charge in [-0.3, -0.25) is 0 Å². The predicted octanol–water partition coefficient (Wildman–Crippen LogP) is 2.30. The summed E-state index contributed by atoms with van der Waals surface area (Å²) in [6.07, 6.45) is 0. The van der Waals surface area contributed by atoms with E-state index in [1.54, 1.807) is 0 Å². The number of rotatable bonds is 6. The van der Waals surface area contributed by atoms with Crippen LogP contribution < -0.4 is 10.6 Å². The first-order valence-electron chi connectivity index (χ1n) is 4.12. The zero-order valence-corrected chi connectivity index (χ0v) is 8.54. The maximum atomic E-state index is 3.79. The molecule has 13 heavy (non-hydrogen) atoms. The number of nitrogens with one attached hydrogen (secondary N) is 2. The van der Waals surface area contributed by atoms with Gasteiger partial charge in [0, 0.05) is 11.4 Å². The summed E-state index contributed by atoms with van der Waals surface area (Å²) in [5.41, 5.74) is 3.54. The van der Waals surface area contributed by atoms with Crippen LogP contribution in [-0.2, 0) is 0 Å². The maximum absolute atomic E-state index is 3.79. The van der Waals surface area contributed by atoms with E-state index in [0.717, 1.165) is 22.5 Å². The molecule has 0 atom stereocenters. The summed E-state index contributed by atoms with van der Waals surface area (Å²) >= 11 is 0. The van der Waals surface area contributed by atoms with Crippen LogP contribution in [-0.4, -0.2) is 6.67 Å². The Bertz CT molecular complexity index is 223. The van der Waals surface area contributed by atoms with Gasteiger partial charge in [0.15, 0.2) is 0 Å². The summed E-state index contributed by atoms with van der Waals surface area (Å²) in [5.74, 6) is 0. The standard InChI is InChI=1S/C11H18N2/c1-8(2)10(5)12-7-13-11(6)9(3)4/h12-13H,1,3,5-7H2,2,4H3. The molecule has 2 heteroatoms. The van der Waals surface area contributed by atoms with Crippen molar-refractivity contribution in [1.82, 2.24) is 10.6 Å². The van der Waals surface area contributed by atoms with Gasteiger partial charge in [-0.2, -0.15) is 0 Å². The average Bonchev–Trinajstić information content (AvgIpc) is 2.03. The molecule has 2 N–H and O–H groups in total. The highest BCUT2D eigenvalue weighted by Crippen LogP contribution is 1.99. The van der Waals surface area contributed by atoms with Gasteiger partial charge < -0.3 is 10.6 Å². The van der Waals surface area contributed by atoms with E-state index in [-0.39, 0.29) is 0 Å². The predicted molar refractivity (Wildman–Crippen MR) is 59.0 cm³/mol. The molecule has 0 aromatic rings. The topological polar surface area (TPSA) is 24.1 Å². The minimum atomic E-state index is 0.595. The lowest BCUT2D eigenvalue weighted by atomic mass is 10.2. The molecule has 0 rings (SSSR count). The second kappa shape index (κ2) is 5.25. The van der Waals surface area contributed by atoms with Crippen molar-refractivity contribution in [2.45, 2.75) is 13.8 Å². The largest absolute Gasteiger partial charge is 0.368 e. The Hall–Kier alpha value is -1.44. The highest BCUT2D eigenvalue weighted by Gasteiger charge is 1.94. The van der Waals surface area contributed by atoms with Gasteiger partial charge in [0.25, 0.3) is 0 Å². The van der Waals surface area contributed by atoms with Crippen molar-refractivity contribution in [2.75, 3.05) is 6.67 Å². The van der Waals surface area contributed by atoms with Crippen molar-refractivity contribution in [3.8, 4) is 0 Å². The molecular formula is C11H18N2. The average molecular weight is 178 g/mol. The SMILES string of the molecule is C=C(C)C(=C)NCNC(=C)C(=C)C. The molecule has 0 spiro atoms. The van der Waals surface area contributed by atoms with Gasteiger partial charge in [-0.15, -0.1) is 0 Å². The fourth-order valence-electron chi connectivity index (χ4n) is 0.559. The third-order valence-electron chi connectivity index (χ3n) is 1.63. The molecule has 0 aromatic heterocycles. The molecule has 2 nitrogen and oxygen atoms in total. The second-order valence-corrected chi connectivity index (χ2v) is 3.05. The fraction of sp³-hybridized carbons (Fsp3) is 0.273. The van der Waals surface area contributed by atoms with Crippen LogP contribution in [0, 0.1) is 0 Å². The van der Waals surface area contributed by atoms with Gasteiger partial charge >= 0.3 is 0 Å². The molecule has 0 radical (unpaired) electrons. The van der Waals surface area contributed by atoms with E-state index in [1.165, 1.54) is 0 Å². The van der Waals surface area contributed by atoms with E-state index < -0.39 is 0 Å². The van der Waals surface area contributed by atoms with E-state index in [4.69, 9.17) is 0 Å². The molecule has 0 aliphatic rings. The Kier molecular flexibility index (Phi) is 4.67. The lowest BCUT2D eigenvalue weighted by Gasteiger charge is -2.12. The number of hydrogen-bond donors (Lipinski definition) is 2. The van der Waals surface area contributed by atoms with Crippen molar-refractivity contribution in [3.63, 3.8) is 0 Å². The van der Waals surface area contributed by atoms with Gasteiger partial charge in [-0.1, -0.05) is 26.3 Å². The second-order valence-electron chi connectivity index (χ2n) is 3.05. The first kappa shape index (κ1) is 11.6. The third-order valence-corrected chi connectivity index (χ3v) is 1.63. The van der Waals surface area contributed by atoms with E-state index in [2.05, 4.69) is 36.9 Å². The van der Waals surface area contributed by atoms with Crippen LogP contribution in [0.3, 0.4) is 0 Å². The van der Waals surface area contributed by atoms with Gasteiger partial charge in [0.1, 0.15) is 0 Å². The third kappa shape index (κ3) is 4.90. The summed E-state index contributed by atoms with van der Waals surface area (Å²) < 4.78 is 0. The normalized spacial score (nSPS) is 8.77. The lowest BCUT2D eigenvalue weighted by molar-refractivity contribution is 0.720. The first-order chi connectivity index (χ1) is 5.95. The van der Waals surface area contributed by atoms with Crippen molar-refractivity contribution >= 4 is 0 Å². The van der Waals surface area contributed by atoms with Crippen LogP contribution >= 0.6 is 0 Å². The molecule has 0 heterocycles. The van der Waals surface area contributed by atoms with Crippen molar-refractivity contribution in [3.05, 3.63) is 48.9 Å².